The van der Waals surface area contributed by atoms with Crippen LogP contribution in [0.25, 0.3) is 0 Å². The first-order valence-electron chi connectivity index (χ1n) is 7.82. The van der Waals surface area contributed by atoms with Crippen LogP contribution in [0, 0.1) is 6.92 Å². The largest absolute Gasteiger partial charge is 0.504 e. The van der Waals surface area contributed by atoms with E-state index in [2.05, 4.69) is 0 Å². The molecule has 134 valence electrons. The number of aromatic hydroxyl groups is 1. The number of phenolic OH excluding ortho intramolecular Hbond substituents is 1. The Balaban J connectivity index is 2.62. The van der Waals surface area contributed by atoms with Crippen LogP contribution in [0.2, 0.25) is 0 Å². The van der Waals surface area contributed by atoms with Gasteiger partial charge in [0.2, 0.25) is 0 Å². The molecule has 0 amide bonds. The van der Waals surface area contributed by atoms with Crippen LogP contribution in [0.3, 0.4) is 0 Å². The standard InChI is InChI=1S/C19H22O6/c1-11-4-7-17(25-12(2)21)14(8-11)19(16(23)10-20)13-5-6-15(22)18(9-13)24-3/h4-9,16,19-20,22-23H,10H2,1-3H3. The normalized spacial score (nSPS) is 13.2. The van der Waals surface area contributed by atoms with E-state index in [0.29, 0.717) is 16.9 Å². The smallest absolute Gasteiger partial charge is 0.308 e. The molecule has 0 saturated heterocycles. The van der Waals surface area contributed by atoms with Gasteiger partial charge in [0, 0.05) is 18.4 Å². The van der Waals surface area contributed by atoms with Gasteiger partial charge in [-0.2, -0.15) is 0 Å². The summed E-state index contributed by atoms with van der Waals surface area (Å²) in [6, 6.07) is 9.90. The van der Waals surface area contributed by atoms with Crippen LogP contribution < -0.4 is 9.47 Å². The lowest BCUT2D eigenvalue weighted by atomic mass is 9.85. The summed E-state index contributed by atoms with van der Waals surface area (Å²) >= 11 is 0. The van der Waals surface area contributed by atoms with Crippen molar-refractivity contribution >= 4 is 5.97 Å². The Bertz CT molecular complexity index is 756. The number of carbonyl (C=O) groups excluding carboxylic acids is 1. The predicted octanol–water partition coefficient (Wildman–Crippen LogP) is 2.12. The van der Waals surface area contributed by atoms with Gasteiger partial charge in [-0.25, -0.2) is 0 Å². The van der Waals surface area contributed by atoms with Gasteiger partial charge in [-0.3, -0.25) is 4.79 Å². The van der Waals surface area contributed by atoms with Crippen LogP contribution in [-0.2, 0) is 4.79 Å². The van der Waals surface area contributed by atoms with E-state index >= 15 is 0 Å². The van der Waals surface area contributed by atoms with Crippen molar-refractivity contribution in [2.24, 2.45) is 0 Å². The number of ether oxygens (including phenoxy) is 2. The number of aryl methyl sites for hydroxylation is 1. The van der Waals surface area contributed by atoms with E-state index in [1.54, 1.807) is 30.3 Å². The molecule has 0 aliphatic rings. The molecule has 2 rings (SSSR count). The Kier molecular flexibility index (Phi) is 6.01. The SMILES string of the molecule is COc1cc(C(c2cc(C)ccc2OC(C)=O)C(O)CO)ccc1O. The number of hydrogen-bond acceptors (Lipinski definition) is 6. The molecule has 2 atom stereocenters. The fraction of sp³-hybridized carbons (Fsp3) is 0.316. The minimum Gasteiger partial charge on any atom is -0.504 e. The minimum absolute atomic E-state index is 0.0343. The minimum atomic E-state index is -1.13. The van der Waals surface area contributed by atoms with E-state index in [4.69, 9.17) is 9.47 Å². The highest BCUT2D eigenvalue weighted by atomic mass is 16.5. The van der Waals surface area contributed by atoms with Crippen LogP contribution in [0.1, 0.15) is 29.5 Å². The molecule has 0 aromatic heterocycles. The van der Waals surface area contributed by atoms with E-state index in [1.807, 2.05) is 6.92 Å². The average Bonchev–Trinajstić information content (AvgIpc) is 2.58. The first-order valence-corrected chi connectivity index (χ1v) is 7.82. The summed E-state index contributed by atoms with van der Waals surface area (Å²) in [5, 5.41) is 29.7. The second-order valence-corrected chi connectivity index (χ2v) is 5.79. The highest BCUT2D eigenvalue weighted by Crippen LogP contribution is 2.38. The second kappa shape index (κ2) is 8.00. The molecule has 2 unspecified atom stereocenters. The summed E-state index contributed by atoms with van der Waals surface area (Å²) in [4.78, 5) is 11.4. The summed E-state index contributed by atoms with van der Waals surface area (Å²) in [5.74, 6) is -0.635. The number of rotatable bonds is 6. The van der Waals surface area contributed by atoms with Gasteiger partial charge in [0.1, 0.15) is 5.75 Å². The number of benzene rings is 2. The zero-order valence-corrected chi connectivity index (χ0v) is 14.4. The van der Waals surface area contributed by atoms with Crippen molar-refractivity contribution in [1.29, 1.82) is 0 Å². The molecular weight excluding hydrogens is 324 g/mol. The second-order valence-electron chi connectivity index (χ2n) is 5.79. The lowest BCUT2D eigenvalue weighted by molar-refractivity contribution is -0.131. The maximum absolute atomic E-state index is 11.4. The quantitative estimate of drug-likeness (QED) is 0.548. The Morgan fingerprint density at radius 3 is 2.48 bits per heavy atom. The van der Waals surface area contributed by atoms with Gasteiger partial charge < -0.3 is 24.8 Å². The van der Waals surface area contributed by atoms with Crippen LogP contribution in [0.15, 0.2) is 36.4 Å². The molecule has 2 aromatic carbocycles. The lowest BCUT2D eigenvalue weighted by Gasteiger charge is -2.25. The molecule has 0 saturated carbocycles. The monoisotopic (exact) mass is 346 g/mol. The number of aliphatic hydroxyl groups is 2. The van der Waals surface area contributed by atoms with Crippen LogP contribution in [0.5, 0.6) is 17.2 Å². The van der Waals surface area contributed by atoms with E-state index < -0.39 is 24.6 Å². The fourth-order valence-corrected chi connectivity index (χ4v) is 2.76. The van der Waals surface area contributed by atoms with E-state index in [9.17, 15) is 20.1 Å². The van der Waals surface area contributed by atoms with Gasteiger partial charge >= 0.3 is 5.97 Å². The summed E-state index contributed by atoms with van der Waals surface area (Å²) in [5.41, 5.74) is 2.08. The average molecular weight is 346 g/mol. The topological polar surface area (TPSA) is 96.2 Å². The maximum Gasteiger partial charge on any atom is 0.308 e. The van der Waals surface area contributed by atoms with E-state index in [1.165, 1.54) is 20.1 Å². The maximum atomic E-state index is 11.4. The van der Waals surface area contributed by atoms with Crippen molar-refractivity contribution in [1.82, 2.24) is 0 Å². The number of hydrogen-bond donors (Lipinski definition) is 3. The molecule has 0 fully saturated rings. The van der Waals surface area contributed by atoms with Crippen LogP contribution >= 0.6 is 0 Å². The number of aliphatic hydroxyl groups excluding tert-OH is 2. The molecule has 0 radical (unpaired) electrons. The Morgan fingerprint density at radius 2 is 1.88 bits per heavy atom. The highest BCUT2D eigenvalue weighted by molar-refractivity contribution is 5.70. The van der Waals surface area contributed by atoms with Crippen molar-refractivity contribution in [2.75, 3.05) is 13.7 Å². The molecule has 0 heterocycles. The Hall–Kier alpha value is -2.57. The van der Waals surface area contributed by atoms with Gasteiger partial charge in [0.15, 0.2) is 11.5 Å². The molecule has 6 heteroatoms. The molecule has 0 aliphatic carbocycles. The highest BCUT2D eigenvalue weighted by Gasteiger charge is 2.27. The summed E-state index contributed by atoms with van der Waals surface area (Å²) in [6.45, 7) is 2.69. The summed E-state index contributed by atoms with van der Waals surface area (Å²) < 4.78 is 10.4. The third-order valence-electron chi connectivity index (χ3n) is 3.89. The van der Waals surface area contributed by atoms with Gasteiger partial charge in [-0.1, -0.05) is 23.8 Å². The molecular formula is C19H22O6. The molecule has 0 bridgehead atoms. The molecule has 0 spiro atoms. The van der Waals surface area contributed by atoms with E-state index in [-0.39, 0.29) is 11.5 Å². The van der Waals surface area contributed by atoms with Crippen molar-refractivity contribution in [2.45, 2.75) is 25.9 Å². The third kappa shape index (κ3) is 4.29. The van der Waals surface area contributed by atoms with Gasteiger partial charge in [-0.05, 0) is 30.7 Å². The van der Waals surface area contributed by atoms with Crippen molar-refractivity contribution in [3.8, 4) is 17.2 Å². The van der Waals surface area contributed by atoms with Gasteiger partial charge in [0.05, 0.1) is 19.8 Å². The first kappa shape index (κ1) is 18.8. The van der Waals surface area contributed by atoms with Crippen molar-refractivity contribution in [3.63, 3.8) is 0 Å². The van der Waals surface area contributed by atoms with Gasteiger partial charge in [0.25, 0.3) is 0 Å². The van der Waals surface area contributed by atoms with Crippen molar-refractivity contribution in [3.05, 3.63) is 53.1 Å². The Morgan fingerprint density at radius 1 is 1.16 bits per heavy atom. The Labute approximate surface area is 146 Å². The zero-order chi connectivity index (χ0) is 18.6. The fourth-order valence-electron chi connectivity index (χ4n) is 2.76. The van der Waals surface area contributed by atoms with E-state index in [0.717, 1.165) is 5.56 Å². The molecule has 6 nitrogen and oxygen atoms in total. The number of methoxy groups -OCH3 is 1. The van der Waals surface area contributed by atoms with Crippen LogP contribution in [-0.4, -0.2) is 41.1 Å². The summed E-state index contributed by atoms with van der Waals surface area (Å²) in [7, 11) is 1.42. The molecule has 2 aromatic rings. The predicted molar refractivity (Wildman–Crippen MR) is 92.1 cm³/mol. The summed E-state index contributed by atoms with van der Waals surface area (Å²) in [6.07, 6.45) is -1.13. The number of carbonyl (C=O) groups is 1. The lowest BCUT2D eigenvalue weighted by Crippen LogP contribution is -2.24. The van der Waals surface area contributed by atoms with Gasteiger partial charge in [-0.15, -0.1) is 0 Å². The molecule has 0 aliphatic heterocycles. The zero-order valence-electron chi connectivity index (χ0n) is 14.4. The van der Waals surface area contributed by atoms with Crippen LogP contribution in [0.4, 0.5) is 0 Å². The third-order valence-corrected chi connectivity index (χ3v) is 3.89. The number of esters is 1. The first-order chi connectivity index (χ1) is 11.9. The van der Waals surface area contributed by atoms with Crippen molar-refractivity contribution < 1.29 is 29.6 Å². The molecule has 25 heavy (non-hydrogen) atoms. The molecule has 3 N–H and O–H groups in total. The number of phenols is 1.